The molecule has 7 nitrogen and oxygen atoms in total. The van der Waals surface area contributed by atoms with Gasteiger partial charge in [-0.15, -0.1) is 0 Å². The number of amides is 1. The summed E-state index contributed by atoms with van der Waals surface area (Å²) < 4.78 is 17.9. The molecule has 1 heterocycles. The van der Waals surface area contributed by atoms with Crippen molar-refractivity contribution in [3.8, 4) is 0 Å². The molecule has 136 valence electrons. The number of nitrogens with zero attached hydrogens (tertiary/aromatic N) is 2. The molecule has 3 aromatic rings. The molecule has 0 bridgehead atoms. The van der Waals surface area contributed by atoms with E-state index in [9.17, 15) is 14.0 Å². The first-order valence-electron chi connectivity index (χ1n) is 7.90. The van der Waals surface area contributed by atoms with Gasteiger partial charge in [-0.2, -0.15) is 0 Å². The van der Waals surface area contributed by atoms with E-state index in [0.717, 1.165) is 0 Å². The van der Waals surface area contributed by atoms with Crippen LogP contribution in [0.4, 0.5) is 21.7 Å². The van der Waals surface area contributed by atoms with Crippen molar-refractivity contribution in [3.63, 3.8) is 0 Å². The average Bonchev–Trinajstić information content (AvgIpc) is 2.68. The number of aromatic nitrogens is 2. The monoisotopic (exact) mass is 366 g/mol. The Hall–Kier alpha value is -3.81. The highest BCUT2D eigenvalue weighted by molar-refractivity contribution is 6.04. The minimum atomic E-state index is -0.496. The standard InChI is InChI=1S/C19H15FN4O3/c1-27-18(26)15-7-2-3-8-16(15)24-19-21-10-12(11-22-19)17(25)23-14-6-4-5-13(20)9-14/h2-11H,1H3,(H,23,25)(H,21,22,24). The van der Waals surface area contributed by atoms with Gasteiger partial charge in [0.05, 0.1) is 23.9 Å². The zero-order valence-corrected chi connectivity index (χ0v) is 14.3. The van der Waals surface area contributed by atoms with E-state index in [2.05, 4.69) is 20.6 Å². The number of esters is 1. The Morgan fingerprint density at radius 1 is 1.04 bits per heavy atom. The number of carbonyl (C=O) groups is 2. The van der Waals surface area contributed by atoms with Crippen LogP contribution in [0.3, 0.4) is 0 Å². The summed E-state index contributed by atoms with van der Waals surface area (Å²) in [6.07, 6.45) is 2.65. The summed E-state index contributed by atoms with van der Waals surface area (Å²) in [6.45, 7) is 0. The van der Waals surface area contributed by atoms with Gasteiger partial charge in [-0.1, -0.05) is 18.2 Å². The average molecular weight is 366 g/mol. The van der Waals surface area contributed by atoms with Gasteiger partial charge >= 0.3 is 5.97 Å². The number of hydrogen-bond donors (Lipinski definition) is 2. The van der Waals surface area contributed by atoms with E-state index in [1.807, 2.05) is 0 Å². The Kier molecular flexibility index (Phi) is 5.36. The van der Waals surface area contributed by atoms with Crippen molar-refractivity contribution in [1.29, 1.82) is 0 Å². The van der Waals surface area contributed by atoms with Crippen molar-refractivity contribution in [1.82, 2.24) is 9.97 Å². The number of nitrogens with one attached hydrogen (secondary N) is 2. The third-order valence-electron chi connectivity index (χ3n) is 3.58. The number of hydrogen-bond acceptors (Lipinski definition) is 6. The molecule has 0 aliphatic carbocycles. The first-order valence-corrected chi connectivity index (χ1v) is 7.90. The molecule has 0 spiro atoms. The first-order chi connectivity index (χ1) is 13.1. The lowest BCUT2D eigenvalue weighted by Crippen LogP contribution is -2.13. The number of halogens is 1. The van der Waals surface area contributed by atoms with Gasteiger partial charge in [-0.05, 0) is 30.3 Å². The van der Waals surface area contributed by atoms with Gasteiger partial charge in [0.15, 0.2) is 0 Å². The van der Waals surface area contributed by atoms with Crippen LogP contribution in [0.15, 0.2) is 60.9 Å². The van der Waals surface area contributed by atoms with E-state index in [0.29, 0.717) is 16.9 Å². The molecule has 0 fully saturated rings. The Balaban J connectivity index is 1.72. The third kappa shape index (κ3) is 4.43. The second-order valence-corrected chi connectivity index (χ2v) is 5.42. The number of methoxy groups -OCH3 is 1. The summed E-state index contributed by atoms with van der Waals surface area (Å²) >= 11 is 0. The molecule has 0 aliphatic heterocycles. The molecule has 1 amide bonds. The van der Waals surface area contributed by atoms with Gasteiger partial charge in [-0.25, -0.2) is 19.2 Å². The van der Waals surface area contributed by atoms with Crippen LogP contribution in [-0.4, -0.2) is 29.0 Å². The van der Waals surface area contributed by atoms with Crippen molar-refractivity contribution < 1.29 is 18.7 Å². The molecule has 1 aromatic heterocycles. The van der Waals surface area contributed by atoms with Crippen LogP contribution in [0, 0.1) is 5.82 Å². The SMILES string of the molecule is COC(=O)c1ccccc1Nc1ncc(C(=O)Nc2cccc(F)c2)cn1. The van der Waals surface area contributed by atoms with Crippen LogP contribution < -0.4 is 10.6 Å². The minimum Gasteiger partial charge on any atom is -0.465 e. The maximum atomic E-state index is 13.2. The molecule has 3 rings (SSSR count). The summed E-state index contributed by atoms with van der Waals surface area (Å²) in [6, 6.07) is 12.3. The number of benzene rings is 2. The molecule has 0 saturated heterocycles. The van der Waals surface area contributed by atoms with Crippen molar-refractivity contribution in [2.45, 2.75) is 0 Å². The molecule has 27 heavy (non-hydrogen) atoms. The summed E-state index contributed by atoms with van der Waals surface area (Å²) in [5.74, 6) is -1.21. The Bertz CT molecular complexity index is 977. The first kappa shape index (κ1) is 18.0. The molecular formula is C19H15FN4O3. The van der Waals surface area contributed by atoms with E-state index >= 15 is 0 Å². The predicted molar refractivity (Wildman–Crippen MR) is 97.4 cm³/mol. The van der Waals surface area contributed by atoms with Crippen LogP contribution in [-0.2, 0) is 4.74 Å². The van der Waals surface area contributed by atoms with Crippen molar-refractivity contribution in [2.24, 2.45) is 0 Å². The quantitative estimate of drug-likeness (QED) is 0.672. The lowest BCUT2D eigenvalue weighted by atomic mass is 10.2. The van der Waals surface area contributed by atoms with E-state index < -0.39 is 17.7 Å². The Labute approximate surface area is 154 Å². The normalized spacial score (nSPS) is 10.1. The van der Waals surface area contributed by atoms with Gasteiger partial charge in [-0.3, -0.25) is 4.79 Å². The van der Waals surface area contributed by atoms with Crippen LogP contribution in [0.2, 0.25) is 0 Å². The smallest absolute Gasteiger partial charge is 0.339 e. The maximum absolute atomic E-state index is 13.2. The maximum Gasteiger partial charge on any atom is 0.339 e. The predicted octanol–water partition coefficient (Wildman–Crippen LogP) is 3.40. The molecule has 2 N–H and O–H groups in total. The van der Waals surface area contributed by atoms with Crippen LogP contribution in [0.25, 0.3) is 0 Å². The molecule has 0 atom stereocenters. The largest absolute Gasteiger partial charge is 0.465 e. The van der Waals surface area contributed by atoms with E-state index in [-0.39, 0.29) is 11.5 Å². The third-order valence-corrected chi connectivity index (χ3v) is 3.58. The Morgan fingerprint density at radius 3 is 2.48 bits per heavy atom. The van der Waals surface area contributed by atoms with E-state index in [1.54, 1.807) is 30.3 Å². The lowest BCUT2D eigenvalue weighted by molar-refractivity contribution is 0.0601. The molecule has 8 heteroatoms. The molecule has 2 aromatic carbocycles. The number of ether oxygens (including phenoxy) is 1. The fraction of sp³-hybridized carbons (Fsp3) is 0.0526. The zero-order valence-electron chi connectivity index (χ0n) is 14.3. The lowest BCUT2D eigenvalue weighted by Gasteiger charge is -2.09. The highest BCUT2D eigenvalue weighted by Crippen LogP contribution is 2.19. The summed E-state index contributed by atoms with van der Waals surface area (Å²) in [4.78, 5) is 32.1. The molecule has 0 unspecified atom stereocenters. The highest BCUT2D eigenvalue weighted by atomic mass is 19.1. The topological polar surface area (TPSA) is 93.2 Å². The zero-order chi connectivity index (χ0) is 19.2. The minimum absolute atomic E-state index is 0.200. The molecule has 0 aliphatic rings. The fourth-order valence-electron chi connectivity index (χ4n) is 2.28. The van der Waals surface area contributed by atoms with Crippen LogP contribution >= 0.6 is 0 Å². The van der Waals surface area contributed by atoms with Crippen molar-refractivity contribution in [2.75, 3.05) is 17.7 Å². The summed E-state index contributed by atoms with van der Waals surface area (Å²) in [5.41, 5.74) is 1.33. The van der Waals surface area contributed by atoms with Crippen LogP contribution in [0.1, 0.15) is 20.7 Å². The van der Waals surface area contributed by atoms with Gasteiger partial charge in [0.25, 0.3) is 5.91 Å². The van der Waals surface area contributed by atoms with Gasteiger partial charge in [0, 0.05) is 18.1 Å². The fourth-order valence-corrected chi connectivity index (χ4v) is 2.28. The van der Waals surface area contributed by atoms with Crippen molar-refractivity contribution in [3.05, 3.63) is 77.9 Å². The van der Waals surface area contributed by atoms with Gasteiger partial charge in [0.2, 0.25) is 5.95 Å². The van der Waals surface area contributed by atoms with Crippen molar-refractivity contribution >= 4 is 29.2 Å². The number of para-hydroxylation sites is 1. The second-order valence-electron chi connectivity index (χ2n) is 5.42. The van der Waals surface area contributed by atoms with Crippen LogP contribution in [0.5, 0.6) is 0 Å². The van der Waals surface area contributed by atoms with E-state index in [1.165, 1.54) is 37.7 Å². The summed E-state index contributed by atoms with van der Waals surface area (Å²) in [5, 5.41) is 5.47. The molecule has 0 radical (unpaired) electrons. The number of carbonyl (C=O) groups excluding carboxylic acids is 2. The number of rotatable bonds is 5. The molecular weight excluding hydrogens is 351 g/mol. The summed E-state index contributed by atoms with van der Waals surface area (Å²) in [7, 11) is 1.29. The van der Waals surface area contributed by atoms with Gasteiger partial charge < -0.3 is 15.4 Å². The highest BCUT2D eigenvalue weighted by Gasteiger charge is 2.13. The van der Waals surface area contributed by atoms with E-state index in [4.69, 9.17) is 4.74 Å². The second kappa shape index (κ2) is 8.05. The van der Waals surface area contributed by atoms with Gasteiger partial charge in [0.1, 0.15) is 5.82 Å². The number of anilines is 3. The Morgan fingerprint density at radius 2 is 1.78 bits per heavy atom. The molecule has 0 saturated carbocycles.